The van der Waals surface area contributed by atoms with Crippen LogP contribution in [-0.4, -0.2) is 5.97 Å². The van der Waals surface area contributed by atoms with E-state index in [0.29, 0.717) is 22.4 Å². The van der Waals surface area contributed by atoms with Gasteiger partial charge in [0.15, 0.2) is 0 Å². The lowest BCUT2D eigenvalue weighted by Gasteiger charge is -2.18. The Balaban J connectivity index is 1.80. The molecular formula is C17H10N2O3. The Morgan fingerprint density at radius 3 is 2.86 bits per heavy atom. The highest BCUT2D eigenvalue weighted by atomic mass is 16.8. The molecular weight excluding hydrogens is 280 g/mol. The van der Waals surface area contributed by atoms with E-state index in [1.807, 2.05) is 12.1 Å². The molecule has 0 bridgehead atoms. The predicted octanol–water partition coefficient (Wildman–Crippen LogP) is 2.46. The van der Waals surface area contributed by atoms with E-state index in [0.717, 1.165) is 5.56 Å². The van der Waals surface area contributed by atoms with Crippen molar-refractivity contribution in [3.05, 3.63) is 76.9 Å². The zero-order valence-electron chi connectivity index (χ0n) is 11.4. The fourth-order valence-electron chi connectivity index (χ4n) is 2.67. The second-order valence-corrected chi connectivity index (χ2v) is 5.06. The number of benzene rings is 2. The summed E-state index contributed by atoms with van der Waals surface area (Å²) in [6.45, 7) is 0. The molecule has 2 aromatic rings. The first-order valence-electron chi connectivity index (χ1n) is 6.72. The van der Waals surface area contributed by atoms with Crippen LogP contribution < -0.4 is 5.48 Å². The van der Waals surface area contributed by atoms with E-state index in [4.69, 9.17) is 14.8 Å². The highest BCUT2D eigenvalue weighted by Gasteiger charge is 2.49. The van der Waals surface area contributed by atoms with Gasteiger partial charge in [-0.3, -0.25) is 5.48 Å². The van der Waals surface area contributed by atoms with Gasteiger partial charge in [-0.05, 0) is 18.2 Å². The number of ether oxygens (including phenoxy) is 1. The van der Waals surface area contributed by atoms with Gasteiger partial charge in [-0.1, -0.05) is 30.3 Å². The van der Waals surface area contributed by atoms with Gasteiger partial charge in [0.1, 0.15) is 0 Å². The molecule has 0 saturated carbocycles. The SMILES string of the molecule is N#Cc1cccc(C2=CC3(ON2)OC(=O)c2ccccc23)c1. The van der Waals surface area contributed by atoms with Crippen molar-refractivity contribution >= 4 is 11.7 Å². The Morgan fingerprint density at radius 2 is 2.00 bits per heavy atom. The molecule has 0 amide bonds. The van der Waals surface area contributed by atoms with Crippen LogP contribution in [0.25, 0.3) is 5.70 Å². The average molecular weight is 290 g/mol. The molecule has 1 N–H and O–H groups in total. The first kappa shape index (κ1) is 12.6. The quantitative estimate of drug-likeness (QED) is 0.817. The molecule has 1 atom stereocenters. The molecule has 2 heterocycles. The van der Waals surface area contributed by atoms with Gasteiger partial charge in [-0.25, -0.2) is 9.63 Å². The molecule has 5 nitrogen and oxygen atoms in total. The summed E-state index contributed by atoms with van der Waals surface area (Å²) in [5.74, 6) is -1.66. The van der Waals surface area contributed by atoms with Gasteiger partial charge in [0, 0.05) is 17.2 Å². The maximum atomic E-state index is 12.0. The number of hydroxylamine groups is 1. The number of rotatable bonds is 1. The molecule has 1 unspecified atom stereocenters. The number of fused-ring (bicyclic) bond motifs is 2. The van der Waals surface area contributed by atoms with Gasteiger partial charge >= 0.3 is 5.97 Å². The van der Waals surface area contributed by atoms with E-state index in [2.05, 4.69) is 11.5 Å². The third kappa shape index (κ3) is 1.72. The number of carbonyl (C=O) groups is 1. The monoisotopic (exact) mass is 290 g/mol. The predicted molar refractivity (Wildman–Crippen MR) is 76.9 cm³/mol. The lowest BCUT2D eigenvalue weighted by Crippen LogP contribution is -2.26. The maximum Gasteiger partial charge on any atom is 0.341 e. The minimum absolute atomic E-state index is 0.416. The van der Waals surface area contributed by atoms with Crippen molar-refractivity contribution in [2.75, 3.05) is 0 Å². The van der Waals surface area contributed by atoms with Crippen LogP contribution in [0.1, 0.15) is 27.0 Å². The number of hydrogen-bond donors (Lipinski definition) is 1. The summed E-state index contributed by atoms with van der Waals surface area (Å²) in [7, 11) is 0. The molecule has 0 saturated heterocycles. The van der Waals surface area contributed by atoms with E-state index in [-0.39, 0.29) is 0 Å². The lowest BCUT2D eigenvalue weighted by molar-refractivity contribution is -0.181. The standard InChI is InChI=1S/C17H10N2O3/c18-10-11-4-3-5-12(8-11)15-9-17(22-19-15)14-7-2-1-6-13(14)16(20)21-17/h1-9,19H. The molecule has 0 fully saturated rings. The number of esters is 1. The van der Waals surface area contributed by atoms with Crippen LogP contribution in [0.2, 0.25) is 0 Å². The van der Waals surface area contributed by atoms with Crippen LogP contribution in [0.4, 0.5) is 0 Å². The summed E-state index contributed by atoms with van der Waals surface area (Å²) in [6, 6.07) is 16.3. The fourth-order valence-corrected chi connectivity index (χ4v) is 2.67. The number of hydrogen-bond acceptors (Lipinski definition) is 5. The molecule has 22 heavy (non-hydrogen) atoms. The summed E-state index contributed by atoms with van der Waals surface area (Å²) in [5, 5.41) is 8.98. The Hall–Kier alpha value is -3.10. The van der Waals surface area contributed by atoms with Gasteiger partial charge in [0.25, 0.3) is 5.79 Å². The zero-order chi connectivity index (χ0) is 15.2. The smallest absolute Gasteiger partial charge is 0.341 e. The highest BCUT2D eigenvalue weighted by Crippen LogP contribution is 2.42. The van der Waals surface area contributed by atoms with Crippen molar-refractivity contribution in [1.29, 1.82) is 5.26 Å². The van der Waals surface area contributed by atoms with Crippen LogP contribution >= 0.6 is 0 Å². The first-order valence-corrected chi connectivity index (χ1v) is 6.72. The van der Waals surface area contributed by atoms with Crippen molar-refractivity contribution in [2.24, 2.45) is 0 Å². The second kappa shape index (κ2) is 4.45. The van der Waals surface area contributed by atoms with Crippen molar-refractivity contribution in [1.82, 2.24) is 5.48 Å². The van der Waals surface area contributed by atoms with Crippen LogP contribution in [0.15, 0.2) is 54.6 Å². The average Bonchev–Trinajstić information content (AvgIpc) is 3.11. The van der Waals surface area contributed by atoms with Crippen LogP contribution in [0, 0.1) is 11.3 Å². The van der Waals surface area contributed by atoms with E-state index in [1.54, 1.807) is 42.5 Å². The van der Waals surface area contributed by atoms with E-state index in [1.165, 1.54) is 0 Å². The van der Waals surface area contributed by atoms with Gasteiger partial charge in [-0.2, -0.15) is 5.26 Å². The summed E-state index contributed by atoms with van der Waals surface area (Å²) in [6.07, 6.45) is 1.72. The number of nitrogens with zero attached hydrogens (tertiary/aromatic N) is 1. The third-order valence-corrected chi connectivity index (χ3v) is 3.72. The molecule has 2 aliphatic heterocycles. The van der Waals surface area contributed by atoms with Crippen molar-refractivity contribution < 1.29 is 14.4 Å². The summed E-state index contributed by atoms with van der Waals surface area (Å²) < 4.78 is 5.42. The molecule has 2 aliphatic rings. The number of carbonyl (C=O) groups excluding carboxylic acids is 1. The normalized spacial score (nSPS) is 21.8. The molecule has 0 aliphatic carbocycles. The van der Waals surface area contributed by atoms with E-state index in [9.17, 15) is 4.79 Å². The molecule has 1 spiro atoms. The van der Waals surface area contributed by atoms with Gasteiger partial charge in [-0.15, -0.1) is 0 Å². The molecule has 0 aromatic heterocycles. The minimum atomic E-state index is -1.24. The number of nitriles is 1. The van der Waals surface area contributed by atoms with Gasteiger partial charge in [0.05, 0.1) is 22.9 Å². The van der Waals surface area contributed by atoms with Crippen molar-refractivity contribution in [2.45, 2.75) is 5.79 Å². The zero-order valence-corrected chi connectivity index (χ0v) is 11.4. The topological polar surface area (TPSA) is 71.3 Å². The largest absolute Gasteiger partial charge is 0.419 e. The third-order valence-electron chi connectivity index (χ3n) is 3.72. The van der Waals surface area contributed by atoms with Crippen LogP contribution in [-0.2, 0) is 15.4 Å². The van der Waals surface area contributed by atoms with E-state index >= 15 is 0 Å². The highest BCUT2D eigenvalue weighted by molar-refractivity contribution is 5.95. The van der Waals surface area contributed by atoms with Crippen LogP contribution in [0.3, 0.4) is 0 Å². The summed E-state index contributed by atoms with van der Waals surface area (Å²) in [5.41, 5.74) is 5.94. The van der Waals surface area contributed by atoms with Gasteiger partial charge in [0.2, 0.25) is 0 Å². The Kier molecular flexibility index (Phi) is 2.55. The molecule has 4 rings (SSSR count). The van der Waals surface area contributed by atoms with E-state index < -0.39 is 11.8 Å². The Morgan fingerprint density at radius 1 is 1.14 bits per heavy atom. The second-order valence-electron chi connectivity index (χ2n) is 5.06. The lowest BCUT2D eigenvalue weighted by atomic mass is 10.0. The molecule has 5 heteroatoms. The molecule has 0 radical (unpaired) electrons. The number of nitrogens with one attached hydrogen (secondary N) is 1. The molecule has 2 aromatic carbocycles. The van der Waals surface area contributed by atoms with Crippen molar-refractivity contribution in [3.63, 3.8) is 0 Å². The first-order chi connectivity index (χ1) is 10.7. The van der Waals surface area contributed by atoms with Crippen LogP contribution in [0.5, 0.6) is 0 Å². The van der Waals surface area contributed by atoms with Gasteiger partial charge < -0.3 is 4.74 Å². The minimum Gasteiger partial charge on any atom is -0.419 e. The summed E-state index contributed by atoms with van der Waals surface area (Å²) in [4.78, 5) is 17.5. The maximum absolute atomic E-state index is 12.0. The molecule has 106 valence electrons. The fraction of sp³-hybridized carbons (Fsp3) is 0.0588. The Labute approximate surface area is 126 Å². The van der Waals surface area contributed by atoms with Crippen molar-refractivity contribution in [3.8, 4) is 6.07 Å². The Bertz CT molecular complexity index is 866. The summed E-state index contributed by atoms with van der Waals surface area (Å²) >= 11 is 0.